The van der Waals surface area contributed by atoms with Crippen LogP contribution in [0.25, 0.3) is 111 Å². The van der Waals surface area contributed by atoms with Crippen molar-refractivity contribution in [1.29, 1.82) is 0 Å². The molecule has 0 radical (unpaired) electrons. The molecule has 0 spiro atoms. The van der Waals surface area contributed by atoms with Crippen molar-refractivity contribution in [3.8, 4) is 67.8 Å². The molecule has 0 N–H and O–H groups in total. The van der Waals surface area contributed by atoms with Crippen LogP contribution >= 0.6 is 0 Å². The van der Waals surface area contributed by atoms with Crippen molar-refractivity contribution in [2.75, 3.05) is 0 Å². The first kappa shape index (κ1) is 35.5. The molecule has 0 amide bonds. The van der Waals surface area contributed by atoms with Gasteiger partial charge in [0.15, 0.2) is 17.5 Å². The highest BCUT2D eigenvalue weighted by Crippen LogP contribution is 2.40. The Morgan fingerprint density at radius 1 is 0.242 bits per heavy atom. The Balaban J connectivity index is 1.03. The minimum Gasteiger partial charge on any atom is -0.309 e. The van der Waals surface area contributed by atoms with E-state index in [0.717, 1.165) is 55.8 Å². The minimum atomic E-state index is 0.609. The molecule has 5 heteroatoms. The molecule has 0 aliphatic rings. The Bertz CT molecular complexity index is 3520. The molecule has 12 aromatic rings. The lowest BCUT2D eigenvalue weighted by Gasteiger charge is -2.17. The SMILES string of the molecule is c1ccc(-c2ccc(-n3c4ccccc4c4ccccc43)c(-c3ccc(-c4nc(-c5ccccc5)nc(-c5ccccc5-n5c6ccccc6c6ccccc65)n4)cc3)c2)cc1. The third-order valence-corrected chi connectivity index (χ3v) is 12.0. The normalized spacial score (nSPS) is 11.5. The number of para-hydroxylation sites is 5. The molecule has 0 bridgehead atoms. The van der Waals surface area contributed by atoms with Gasteiger partial charge in [-0.3, -0.25) is 0 Å². The number of fused-ring (bicyclic) bond motifs is 6. The molecule has 12 rings (SSSR count). The zero-order valence-corrected chi connectivity index (χ0v) is 33.6. The van der Waals surface area contributed by atoms with E-state index in [4.69, 9.17) is 15.0 Å². The van der Waals surface area contributed by atoms with Crippen LogP contribution in [0.4, 0.5) is 0 Å². The van der Waals surface area contributed by atoms with Crippen molar-refractivity contribution in [3.63, 3.8) is 0 Å². The summed E-state index contributed by atoms with van der Waals surface area (Å²) in [4.78, 5) is 15.6. The smallest absolute Gasteiger partial charge is 0.166 e. The maximum absolute atomic E-state index is 5.27. The summed E-state index contributed by atoms with van der Waals surface area (Å²) >= 11 is 0. The monoisotopic (exact) mass is 791 g/mol. The lowest BCUT2D eigenvalue weighted by atomic mass is 9.96. The van der Waals surface area contributed by atoms with E-state index in [1.54, 1.807) is 0 Å². The van der Waals surface area contributed by atoms with E-state index in [-0.39, 0.29) is 0 Å². The van der Waals surface area contributed by atoms with Crippen molar-refractivity contribution in [1.82, 2.24) is 24.1 Å². The van der Waals surface area contributed by atoms with E-state index in [2.05, 4.69) is 215 Å². The van der Waals surface area contributed by atoms with Gasteiger partial charge >= 0.3 is 0 Å². The third kappa shape index (κ3) is 5.90. The molecule has 3 aromatic heterocycles. The number of benzene rings is 9. The topological polar surface area (TPSA) is 48.5 Å². The summed E-state index contributed by atoms with van der Waals surface area (Å²) in [6.45, 7) is 0. The quantitative estimate of drug-likeness (QED) is 0.162. The summed E-state index contributed by atoms with van der Waals surface area (Å²) in [5.41, 5.74) is 14.0. The van der Waals surface area contributed by atoms with E-state index < -0.39 is 0 Å². The zero-order valence-electron chi connectivity index (χ0n) is 33.6. The van der Waals surface area contributed by atoms with E-state index in [0.29, 0.717) is 17.5 Å². The first-order valence-electron chi connectivity index (χ1n) is 21.0. The van der Waals surface area contributed by atoms with Gasteiger partial charge in [-0.2, -0.15) is 0 Å². The predicted octanol–water partition coefficient (Wildman–Crippen LogP) is 14.4. The highest BCUT2D eigenvalue weighted by molar-refractivity contribution is 6.11. The van der Waals surface area contributed by atoms with Crippen molar-refractivity contribution in [2.24, 2.45) is 0 Å². The van der Waals surface area contributed by atoms with Gasteiger partial charge in [0, 0.05) is 43.8 Å². The first-order valence-corrected chi connectivity index (χ1v) is 21.0. The molecule has 0 aliphatic heterocycles. The van der Waals surface area contributed by atoms with E-state index in [9.17, 15) is 0 Å². The molecule has 0 unspecified atom stereocenters. The Labute approximate surface area is 358 Å². The van der Waals surface area contributed by atoms with Crippen LogP contribution in [0, 0.1) is 0 Å². The second-order valence-corrected chi connectivity index (χ2v) is 15.6. The average Bonchev–Trinajstić information content (AvgIpc) is 3.87. The number of hydrogen-bond acceptors (Lipinski definition) is 3. The summed E-state index contributed by atoms with van der Waals surface area (Å²) in [5, 5.41) is 4.87. The molecular formula is C57H37N5. The van der Waals surface area contributed by atoms with Crippen molar-refractivity contribution in [2.45, 2.75) is 0 Å². The van der Waals surface area contributed by atoms with Gasteiger partial charge in [-0.25, -0.2) is 15.0 Å². The standard InChI is InChI=1S/C57H37N5/c1-3-17-38(18-4-1)42-35-36-54(62-51-28-14-9-23-45(51)46-24-10-15-29-52(46)62)48(37-42)39-31-33-41(34-32-39)56-58-55(40-19-5-2-6-20-40)59-57(60-56)47-25-11-16-30-53(47)61-49-26-12-7-21-43(49)44-22-8-13-27-50(44)61/h1-37H. The van der Waals surface area contributed by atoms with Gasteiger partial charge < -0.3 is 9.13 Å². The summed E-state index contributed by atoms with van der Waals surface area (Å²) in [7, 11) is 0. The summed E-state index contributed by atoms with van der Waals surface area (Å²) < 4.78 is 4.74. The zero-order chi connectivity index (χ0) is 41.0. The van der Waals surface area contributed by atoms with Crippen molar-refractivity contribution >= 4 is 43.6 Å². The molecule has 3 heterocycles. The Kier molecular flexibility index (Phi) is 8.42. The Morgan fingerprint density at radius 2 is 0.613 bits per heavy atom. The van der Waals surface area contributed by atoms with Crippen LogP contribution in [-0.2, 0) is 0 Å². The average molecular weight is 792 g/mol. The minimum absolute atomic E-state index is 0.609. The maximum atomic E-state index is 5.27. The number of rotatable bonds is 7. The van der Waals surface area contributed by atoms with Gasteiger partial charge in [0.1, 0.15) is 0 Å². The second kappa shape index (κ2) is 14.7. The molecular weight excluding hydrogens is 755 g/mol. The van der Waals surface area contributed by atoms with E-state index in [1.165, 1.54) is 38.1 Å². The highest BCUT2D eigenvalue weighted by Gasteiger charge is 2.20. The molecule has 0 saturated carbocycles. The molecule has 9 aromatic carbocycles. The van der Waals surface area contributed by atoms with Gasteiger partial charge in [-0.05, 0) is 65.2 Å². The Hall–Kier alpha value is -8.41. The third-order valence-electron chi connectivity index (χ3n) is 12.0. The number of aromatic nitrogens is 5. The van der Waals surface area contributed by atoms with Crippen LogP contribution < -0.4 is 0 Å². The second-order valence-electron chi connectivity index (χ2n) is 15.6. The summed E-state index contributed by atoms with van der Waals surface area (Å²) in [5.74, 6) is 1.84. The molecule has 0 aliphatic carbocycles. The van der Waals surface area contributed by atoms with Gasteiger partial charge in [-0.15, -0.1) is 0 Å². The van der Waals surface area contributed by atoms with Crippen LogP contribution in [0.1, 0.15) is 0 Å². The van der Waals surface area contributed by atoms with E-state index in [1.807, 2.05) is 18.2 Å². The summed E-state index contributed by atoms with van der Waals surface area (Å²) in [6.07, 6.45) is 0. The highest BCUT2D eigenvalue weighted by atomic mass is 15.1. The van der Waals surface area contributed by atoms with Crippen LogP contribution in [0.5, 0.6) is 0 Å². The van der Waals surface area contributed by atoms with Crippen molar-refractivity contribution < 1.29 is 0 Å². The first-order chi connectivity index (χ1) is 30.8. The largest absolute Gasteiger partial charge is 0.309 e. The molecule has 0 atom stereocenters. The summed E-state index contributed by atoms with van der Waals surface area (Å²) in [6, 6.07) is 79.2. The molecule has 0 saturated heterocycles. The van der Waals surface area contributed by atoms with Gasteiger partial charge in [0.05, 0.1) is 33.4 Å². The fourth-order valence-electron chi connectivity index (χ4n) is 9.13. The number of nitrogens with zero attached hydrogens (tertiary/aromatic N) is 5. The lowest BCUT2D eigenvalue weighted by Crippen LogP contribution is -2.03. The predicted molar refractivity (Wildman–Crippen MR) is 256 cm³/mol. The van der Waals surface area contributed by atoms with Gasteiger partial charge in [0.25, 0.3) is 0 Å². The lowest BCUT2D eigenvalue weighted by molar-refractivity contribution is 1.06. The molecule has 290 valence electrons. The Morgan fingerprint density at radius 3 is 1.15 bits per heavy atom. The van der Waals surface area contributed by atoms with Crippen molar-refractivity contribution in [3.05, 3.63) is 224 Å². The van der Waals surface area contributed by atoms with Gasteiger partial charge in [-0.1, -0.05) is 176 Å². The number of hydrogen-bond donors (Lipinski definition) is 0. The molecule has 0 fully saturated rings. The maximum Gasteiger partial charge on any atom is 0.166 e. The van der Waals surface area contributed by atoms with Crippen LogP contribution in [-0.4, -0.2) is 24.1 Å². The molecule has 5 nitrogen and oxygen atoms in total. The fraction of sp³-hybridized carbons (Fsp3) is 0. The van der Waals surface area contributed by atoms with Gasteiger partial charge in [0.2, 0.25) is 0 Å². The van der Waals surface area contributed by atoms with Crippen LogP contribution in [0.15, 0.2) is 224 Å². The molecule has 62 heavy (non-hydrogen) atoms. The van der Waals surface area contributed by atoms with E-state index >= 15 is 0 Å². The van der Waals surface area contributed by atoms with Crippen LogP contribution in [0.3, 0.4) is 0 Å². The van der Waals surface area contributed by atoms with Crippen LogP contribution in [0.2, 0.25) is 0 Å². The fourth-order valence-corrected chi connectivity index (χ4v) is 9.13.